The van der Waals surface area contributed by atoms with E-state index in [2.05, 4.69) is 55.1 Å². The topological polar surface area (TPSA) is 0 Å². The number of rotatable bonds is 7. The van der Waals surface area contributed by atoms with Crippen LogP contribution < -0.4 is 0 Å². The molecule has 0 heterocycles. The number of hydrogen-bond donors (Lipinski definition) is 0. The first-order valence-electron chi connectivity index (χ1n) is 5.91. The van der Waals surface area contributed by atoms with Crippen molar-refractivity contribution < 1.29 is 0 Å². The average Bonchev–Trinajstić information content (AvgIpc) is 2.34. The zero-order valence-electron chi connectivity index (χ0n) is 9.81. The van der Waals surface area contributed by atoms with Crippen molar-refractivity contribution in [3.8, 4) is 0 Å². The van der Waals surface area contributed by atoms with Gasteiger partial charge < -0.3 is 0 Å². The molecule has 0 aliphatic rings. The van der Waals surface area contributed by atoms with Crippen molar-refractivity contribution >= 4 is 6.08 Å². The number of allylic oxidation sites excluding steroid dienone is 4. The van der Waals surface area contributed by atoms with Gasteiger partial charge >= 0.3 is 0 Å². The Morgan fingerprint density at radius 2 is 1.75 bits per heavy atom. The van der Waals surface area contributed by atoms with Crippen LogP contribution in [0.25, 0.3) is 6.08 Å². The summed E-state index contributed by atoms with van der Waals surface area (Å²) in [5.41, 5.74) is 1.27. The predicted molar refractivity (Wildman–Crippen MR) is 73.3 cm³/mol. The highest BCUT2D eigenvalue weighted by atomic mass is 13.9. The van der Waals surface area contributed by atoms with E-state index in [1.54, 1.807) is 0 Å². The molecule has 0 aliphatic carbocycles. The molecule has 0 unspecified atom stereocenters. The number of unbranched alkanes of at least 4 members (excludes halogenated alkanes) is 2. The zero-order valence-corrected chi connectivity index (χ0v) is 9.81. The second-order valence-corrected chi connectivity index (χ2v) is 3.74. The monoisotopic (exact) mass is 212 g/mol. The molecule has 0 aromatic heterocycles. The van der Waals surface area contributed by atoms with Crippen molar-refractivity contribution in [3.63, 3.8) is 0 Å². The van der Waals surface area contributed by atoms with Crippen LogP contribution in [0.4, 0.5) is 0 Å². The van der Waals surface area contributed by atoms with Gasteiger partial charge in [-0.25, -0.2) is 0 Å². The van der Waals surface area contributed by atoms with E-state index >= 15 is 0 Å². The Morgan fingerprint density at radius 1 is 0.938 bits per heavy atom. The Bertz CT molecular complexity index is 330. The summed E-state index contributed by atoms with van der Waals surface area (Å²) in [4.78, 5) is 0. The van der Waals surface area contributed by atoms with E-state index in [4.69, 9.17) is 0 Å². The van der Waals surface area contributed by atoms with Gasteiger partial charge in [0.05, 0.1) is 0 Å². The van der Waals surface area contributed by atoms with E-state index in [-0.39, 0.29) is 0 Å². The maximum atomic E-state index is 3.71. The number of hydrogen-bond acceptors (Lipinski definition) is 0. The van der Waals surface area contributed by atoms with Gasteiger partial charge in [-0.3, -0.25) is 0 Å². The second-order valence-electron chi connectivity index (χ2n) is 3.74. The molecule has 0 amide bonds. The molecule has 1 aromatic carbocycles. The van der Waals surface area contributed by atoms with Gasteiger partial charge in [-0.05, 0) is 31.2 Å². The Kier molecular flexibility index (Phi) is 6.82. The maximum absolute atomic E-state index is 3.71. The molecule has 1 aromatic rings. The first-order chi connectivity index (χ1) is 7.93. The maximum Gasteiger partial charge on any atom is -0.0166 e. The first kappa shape index (κ1) is 12.5. The van der Waals surface area contributed by atoms with Crippen molar-refractivity contribution in [2.24, 2.45) is 0 Å². The van der Waals surface area contributed by atoms with E-state index < -0.39 is 0 Å². The smallest absolute Gasteiger partial charge is 0.0166 e. The summed E-state index contributed by atoms with van der Waals surface area (Å²) in [6.45, 7) is 3.71. The molecule has 0 saturated heterocycles. The van der Waals surface area contributed by atoms with E-state index in [9.17, 15) is 0 Å². The summed E-state index contributed by atoms with van der Waals surface area (Å²) >= 11 is 0. The summed E-state index contributed by atoms with van der Waals surface area (Å²) < 4.78 is 0. The molecular formula is C16H20. The van der Waals surface area contributed by atoms with Gasteiger partial charge in [0, 0.05) is 0 Å². The molecule has 0 atom stereocenters. The van der Waals surface area contributed by atoms with Crippen LogP contribution in [0.3, 0.4) is 0 Å². The molecule has 0 radical (unpaired) electrons. The van der Waals surface area contributed by atoms with Crippen LogP contribution in [0.1, 0.15) is 31.2 Å². The SMILES string of the molecule is C=CCCCC=CCC=Cc1ccccc1. The van der Waals surface area contributed by atoms with Gasteiger partial charge in [-0.15, -0.1) is 6.58 Å². The zero-order chi connectivity index (χ0) is 11.5. The molecule has 0 fully saturated rings. The second kappa shape index (κ2) is 8.72. The van der Waals surface area contributed by atoms with Crippen molar-refractivity contribution in [2.45, 2.75) is 25.7 Å². The molecule has 0 heteroatoms. The Labute approximate surface area is 99.0 Å². The van der Waals surface area contributed by atoms with Crippen LogP contribution in [0, 0.1) is 0 Å². The standard InChI is InChI=1S/C16H20/c1-2-3-4-5-6-7-8-10-13-16-14-11-9-12-15-16/h2,6-7,9-15H,1,3-5,8H2. The van der Waals surface area contributed by atoms with Crippen LogP contribution in [0.15, 0.2) is 61.2 Å². The summed E-state index contributed by atoms with van der Waals surface area (Å²) in [6, 6.07) is 10.4. The highest BCUT2D eigenvalue weighted by molar-refractivity contribution is 5.48. The van der Waals surface area contributed by atoms with E-state index in [1.807, 2.05) is 12.1 Å². The minimum absolute atomic E-state index is 1.02. The molecule has 84 valence electrons. The quantitative estimate of drug-likeness (QED) is 0.440. The largest absolute Gasteiger partial charge is 0.103 e. The molecule has 16 heavy (non-hydrogen) atoms. The fraction of sp³-hybridized carbons (Fsp3) is 0.250. The average molecular weight is 212 g/mol. The van der Waals surface area contributed by atoms with Crippen LogP contribution in [0.2, 0.25) is 0 Å². The lowest BCUT2D eigenvalue weighted by Gasteiger charge is -1.90. The van der Waals surface area contributed by atoms with Crippen molar-refractivity contribution in [3.05, 3.63) is 66.8 Å². The predicted octanol–water partition coefficient (Wildman–Crippen LogP) is 5.00. The molecular weight excluding hydrogens is 192 g/mol. The van der Waals surface area contributed by atoms with E-state index in [1.165, 1.54) is 12.0 Å². The third kappa shape index (κ3) is 6.02. The van der Waals surface area contributed by atoms with Gasteiger partial charge in [-0.1, -0.05) is 60.7 Å². The van der Waals surface area contributed by atoms with Gasteiger partial charge in [-0.2, -0.15) is 0 Å². The highest BCUT2D eigenvalue weighted by Crippen LogP contribution is 2.03. The van der Waals surface area contributed by atoms with E-state index in [0.717, 1.165) is 19.3 Å². The van der Waals surface area contributed by atoms with Gasteiger partial charge in [0.1, 0.15) is 0 Å². The van der Waals surface area contributed by atoms with Crippen molar-refractivity contribution in [1.82, 2.24) is 0 Å². The highest BCUT2D eigenvalue weighted by Gasteiger charge is 1.81. The fourth-order valence-corrected chi connectivity index (χ4v) is 1.44. The van der Waals surface area contributed by atoms with Crippen LogP contribution in [-0.2, 0) is 0 Å². The summed E-state index contributed by atoms with van der Waals surface area (Å²) in [6.07, 6.45) is 15.3. The van der Waals surface area contributed by atoms with E-state index in [0.29, 0.717) is 0 Å². The minimum Gasteiger partial charge on any atom is -0.103 e. The molecule has 0 saturated carbocycles. The molecule has 0 aliphatic heterocycles. The van der Waals surface area contributed by atoms with Gasteiger partial charge in [0.15, 0.2) is 0 Å². The summed E-state index contributed by atoms with van der Waals surface area (Å²) in [7, 11) is 0. The summed E-state index contributed by atoms with van der Waals surface area (Å²) in [5.74, 6) is 0. The lowest BCUT2D eigenvalue weighted by atomic mass is 10.2. The first-order valence-corrected chi connectivity index (χ1v) is 5.91. The normalized spacial score (nSPS) is 11.2. The Morgan fingerprint density at radius 3 is 2.50 bits per heavy atom. The summed E-state index contributed by atoms with van der Waals surface area (Å²) in [5, 5.41) is 0. The lowest BCUT2D eigenvalue weighted by molar-refractivity contribution is 0.867. The van der Waals surface area contributed by atoms with Crippen LogP contribution >= 0.6 is 0 Å². The molecule has 1 rings (SSSR count). The van der Waals surface area contributed by atoms with Gasteiger partial charge in [0.25, 0.3) is 0 Å². The van der Waals surface area contributed by atoms with Crippen molar-refractivity contribution in [1.29, 1.82) is 0 Å². The minimum atomic E-state index is 1.02. The Balaban J connectivity index is 2.15. The number of benzene rings is 1. The third-order valence-electron chi connectivity index (χ3n) is 2.33. The molecule has 0 spiro atoms. The lowest BCUT2D eigenvalue weighted by Crippen LogP contribution is -1.69. The van der Waals surface area contributed by atoms with Crippen LogP contribution in [0.5, 0.6) is 0 Å². The molecule has 0 N–H and O–H groups in total. The molecule has 0 bridgehead atoms. The van der Waals surface area contributed by atoms with Gasteiger partial charge in [0.2, 0.25) is 0 Å². The Hall–Kier alpha value is -1.56. The third-order valence-corrected chi connectivity index (χ3v) is 2.33. The van der Waals surface area contributed by atoms with Crippen LogP contribution in [-0.4, -0.2) is 0 Å². The van der Waals surface area contributed by atoms with Crippen molar-refractivity contribution in [2.75, 3.05) is 0 Å². The fourth-order valence-electron chi connectivity index (χ4n) is 1.44. The molecule has 0 nitrogen and oxygen atoms in total.